The number of carbonyl (C=O) groups is 6. The molecule has 6 atom stereocenters. The van der Waals surface area contributed by atoms with Crippen molar-refractivity contribution in [3.63, 3.8) is 0 Å². The molecule has 3 aliphatic rings. The number of nitrogens with two attached hydrogens (primary N) is 1. The van der Waals surface area contributed by atoms with E-state index < -0.39 is 59.8 Å². The first-order chi connectivity index (χ1) is 26.6. The summed E-state index contributed by atoms with van der Waals surface area (Å²) in [7, 11) is 2.87. The number of rotatable bonds is 8. The Bertz CT molecular complexity index is 1810. The molecule has 0 unspecified atom stereocenters. The van der Waals surface area contributed by atoms with Crippen LogP contribution in [0.5, 0.6) is 0 Å². The number of amides is 4. The zero-order valence-electron chi connectivity index (χ0n) is 32.8. The molecule has 0 radical (unpaired) electrons. The zero-order chi connectivity index (χ0) is 41.1. The minimum absolute atomic E-state index is 0.00112. The van der Waals surface area contributed by atoms with Crippen molar-refractivity contribution in [3.05, 3.63) is 93.9 Å². The van der Waals surface area contributed by atoms with Crippen LogP contribution in [0.2, 0.25) is 0 Å². The second-order valence-electron chi connectivity index (χ2n) is 14.5. The molecular weight excluding hydrogens is 722 g/mol. The predicted molar refractivity (Wildman–Crippen MR) is 206 cm³/mol. The van der Waals surface area contributed by atoms with Crippen molar-refractivity contribution < 1.29 is 48.1 Å². The number of allylic oxidation sites excluding steroid dienone is 4. The monoisotopic (exact) mass is 775 g/mol. The van der Waals surface area contributed by atoms with Crippen molar-refractivity contribution in [2.45, 2.75) is 71.5 Å². The Balaban J connectivity index is 1.65. The number of nitrogens with zero attached hydrogens (tertiary/aromatic N) is 2. The van der Waals surface area contributed by atoms with E-state index in [4.69, 9.17) is 19.9 Å². The van der Waals surface area contributed by atoms with Gasteiger partial charge in [-0.05, 0) is 55.9 Å². The second kappa shape index (κ2) is 20.1. The lowest BCUT2D eigenvalue weighted by Gasteiger charge is -2.32. The van der Waals surface area contributed by atoms with Crippen LogP contribution in [0.25, 0.3) is 0 Å². The largest absolute Gasteiger partial charge is 0.439 e. The first kappa shape index (κ1) is 43.5. The topological polar surface area (TPSA) is 207 Å². The maximum atomic E-state index is 14.1. The number of nitrogens with one attached hydrogen (secondary N) is 2. The van der Waals surface area contributed by atoms with Crippen molar-refractivity contribution in [2.24, 2.45) is 17.6 Å². The number of hydrogen-bond donors (Lipinski definition) is 4. The molecule has 56 heavy (non-hydrogen) atoms. The molecule has 4 rings (SSSR count). The van der Waals surface area contributed by atoms with Gasteiger partial charge in [-0.3, -0.25) is 28.9 Å². The number of piperazine rings is 1. The minimum Gasteiger partial charge on any atom is -0.439 e. The number of Topliss-reactive ketones (excluding diaryl/α,β-unsaturated/α-hetero) is 1. The van der Waals surface area contributed by atoms with Crippen LogP contribution in [0.4, 0.5) is 4.79 Å². The minimum atomic E-state index is -1.05. The average molecular weight is 776 g/mol. The van der Waals surface area contributed by atoms with Crippen LogP contribution in [-0.2, 0) is 39.9 Å². The summed E-state index contributed by atoms with van der Waals surface area (Å²) in [5.41, 5.74) is 6.90. The summed E-state index contributed by atoms with van der Waals surface area (Å²) in [4.78, 5) is 81.4. The van der Waals surface area contributed by atoms with Gasteiger partial charge in [-0.25, -0.2) is 4.79 Å². The Morgan fingerprint density at radius 3 is 2.32 bits per heavy atom. The molecule has 4 amide bonds. The van der Waals surface area contributed by atoms with E-state index in [-0.39, 0.29) is 46.9 Å². The van der Waals surface area contributed by atoms with E-state index in [9.17, 15) is 33.9 Å². The number of aliphatic hydroxyl groups excluding tert-OH is 1. The molecule has 302 valence electrons. The number of aliphatic hydroxyl groups is 1. The van der Waals surface area contributed by atoms with Gasteiger partial charge < -0.3 is 40.6 Å². The summed E-state index contributed by atoms with van der Waals surface area (Å²) in [5, 5.41) is 16.6. The SMILES string of the molecule is CO[C@H]1/C=C\C=C(/C)C(=O)NC2=CC(=O)C(NC(=O)c3ccc(CN4CCN(C=O)CC4)cc3)=C(C[C@@H](C)C[C@H](OC)[C@H](O)[C@@H](C)/C=C(\C)[C@H]1OC(N)=O)C2=O. The smallest absolute Gasteiger partial charge is 0.405 e. The summed E-state index contributed by atoms with van der Waals surface area (Å²) in [6.07, 6.45) is 3.76. The molecule has 2 bridgehead atoms. The number of primary amides is 1. The molecule has 0 saturated carbocycles. The van der Waals surface area contributed by atoms with E-state index >= 15 is 0 Å². The molecule has 1 saturated heterocycles. The number of carbonyl (C=O) groups excluding carboxylic acids is 6. The van der Waals surface area contributed by atoms with Gasteiger partial charge in [0, 0.05) is 75.6 Å². The van der Waals surface area contributed by atoms with Crippen molar-refractivity contribution in [3.8, 4) is 0 Å². The van der Waals surface area contributed by atoms with E-state index in [1.54, 1.807) is 43.0 Å². The molecule has 0 aromatic heterocycles. The number of ketones is 2. The first-order valence-corrected chi connectivity index (χ1v) is 18.6. The van der Waals surface area contributed by atoms with Gasteiger partial charge in [0.2, 0.25) is 18.0 Å². The lowest BCUT2D eigenvalue weighted by Crippen LogP contribution is -2.45. The molecule has 15 heteroatoms. The fourth-order valence-corrected chi connectivity index (χ4v) is 6.95. The van der Waals surface area contributed by atoms with Gasteiger partial charge in [-0.1, -0.05) is 50.3 Å². The number of benzene rings is 1. The summed E-state index contributed by atoms with van der Waals surface area (Å²) in [6, 6.07) is 6.93. The van der Waals surface area contributed by atoms with Crippen LogP contribution in [0.15, 0.2) is 82.8 Å². The van der Waals surface area contributed by atoms with Crippen molar-refractivity contribution in [2.75, 3.05) is 40.4 Å². The predicted octanol–water partition coefficient (Wildman–Crippen LogP) is 2.47. The molecule has 1 aromatic rings. The molecule has 2 heterocycles. The van der Waals surface area contributed by atoms with E-state index in [1.165, 1.54) is 33.3 Å². The van der Waals surface area contributed by atoms with Crippen molar-refractivity contribution in [1.82, 2.24) is 20.4 Å². The highest BCUT2D eigenvalue weighted by Crippen LogP contribution is 2.29. The van der Waals surface area contributed by atoms with Gasteiger partial charge in [0.15, 0.2) is 6.10 Å². The van der Waals surface area contributed by atoms with Crippen LogP contribution in [0, 0.1) is 11.8 Å². The molecule has 1 aromatic carbocycles. The Hall–Kier alpha value is -5.22. The standard InChI is InChI=1S/C41H53N5O10/c1-24-18-30-35(44-40(52)29-12-10-28(11-13-29)22-45-14-16-46(23-47)17-15-45)32(48)21-31(37(30)50)43-39(51)25(2)8-7-9-33(54-5)38(56-41(42)53)27(4)20-26(3)36(49)34(19-24)55-6/h7-13,20-21,23-24,26,33-34,36,38,49H,14-19,22H2,1-6H3,(H2,42,53)(H,43,51)(H,44,52)/b9-7-,25-8+,27-20+/t24-,26+,33+,34+,36-,38-/m1/s1. The fraction of sp³-hybridized carbons (Fsp3) is 0.463. The first-order valence-electron chi connectivity index (χ1n) is 18.6. The Morgan fingerprint density at radius 1 is 1.04 bits per heavy atom. The van der Waals surface area contributed by atoms with Gasteiger partial charge in [-0.15, -0.1) is 0 Å². The maximum Gasteiger partial charge on any atom is 0.405 e. The van der Waals surface area contributed by atoms with Crippen molar-refractivity contribution >= 4 is 35.9 Å². The summed E-state index contributed by atoms with van der Waals surface area (Å²) >= 11 is 0. The Morgan fingerprint density at radius 2 is 1.71 bits per heavy atom. The quantitative estimate of drug-likeness (QED) is 0.171. The average Bonchev–Trinajstić information content (AvgIpc) is 3.17. The third-order valence-corrected chi connectivity index (χ3v) is 10.2. The molecule has 5 N–H and O–H groups in total. The van der Waals surface area contributed by atoms with Gasteiger partial charge in [-0.2, -0.15) is 0 Å². The molecule has 0 spiro atoms. The van der Waals surface area contributed by atoms with Gasteiger partial charge in [0.1, 0.15) is 6.10 Å². The van der Waals surface area contributed by atoms with E-state index in [0.29, 0.717) is 25.2 Å². The lowest BCUT2D eigenvalue weighted by molar-refractivity contribution is -0.120. The van der Waals surface area contributed by atoms with Crippen LogP contribution in [-0.4, -0.2) is 116 Å². The molecule has 1 aliphatic carbocycles. The third-order valence-electron chi connectivity index (χ3n) is 10.2. The highest BCUT2D eigenvalue weighted by atomic mass is 16.6. The molecule has 2 aliphatic heterocycles. The van der Waals surface area contributed by atoms with E-state index in [0.717, 1.165) is 31.1 Å². The van der Waals surface area contributed by atoms with Crippen LogP contribution in [0.3, 0.4) is 0 Å². The highest BCUT2D eigenvalue weighted by Gasteiger charge is 2.34. The normalized spacial score (nSPS) is 28.6. The zero-order valence-corrected chi connectivity index (χ0v) is 32.8. The van der Waals surface area contributed by atoms with Gasteiger partial charge in [0.25, 0.3) is 11.8 Å². The second-order valence-corrected chi connectivity index (χ2v) is 14.5. The van der Waals surface area contributed by atoms with Crippen LogP contribution >= 0.6 is 0 Å². The number of hydrogen-bond acceptors (Lipinski definition) is 11. The summed E-state index contributed by atoms with van der Waals surface area (Å²) in [5.74, 6) is -3.45. The van der Waals surface area contributed by atoms with Crippen molar-refractivity contribution in [1.29, 1.82) is 0 Å². The summed E-state index contributed by atoms with van der Waals surface area (Å²) in [6.45, 7) is 10.2. The van der Waals surface area contributed by atoms with E-state index in [1.807, 2.05) is 19.1 Å². The van der Waals surface area contributed by atoms with Crippen LogP contribution in [0.1, 0.15) is 56.5 Å². The van der Waals surface area contributed by atoms with Gasteiger partial charge >= 0.3 is 6.09 Å². The number of methoxy groups -OCH3 is 2. The lowest BCUT2D eigenvalue weighted by atomic mass is 9.85. The van der Waals surface area contributed by atoms with E-state index in [2.05, 4.69) is 15.5 Å². The third kappa shape index (κ3) is 11.4. The molecule has 1 fully saturated rings. The number of ether oxygens (including phenoxy) is 3. The summed E-state index contributed by atoms with van der Waals surface area (Å²) < 4.78 is 16.7. The Labute approximate surface area is 327 Å². The van der Waals surface area contributed by atoms with Crippen LogP contribution < -0.4 is 16.4 Å². The molecular formula is C41H53N5O10. The fourth-order valence-electron chi connectivity index (χ4n) is 6.95. The van der Waals surface area contributed by atoms with Gasteiger partial charge in [0.05, 0.1) is 23.6 Å². The molecule has 15 nitrogen and oxygen atoms in total. The number of fused-ring (bicyclic) bond motifs is 2. The maximum absolute atomic E-state index is 14.1. The highest BCUT2D eigenvalue weighted by molar-refractivity contribution is 6.24. The Kier molecular flexibility index (Phi) is 15.6.